The van der Waals surface area contributed by atoms with Crippen LogP contribution in [0.3, 0.4) is 0 Å². The Morgan fingerprint density at radius 2 is 2.04 bits per heavy atom. The standard InChI is InChI=1S/C18H16FN3O2/c19-12-4-3-5-13(10-12)20-17(24)22-9-8-18(11-22)14-6-1-2-7-15(14)21-16(18)23/h1-7,10H,8-9,11H2,(H,20,24)(H,21,23)/t18-/m0/s1. The molecule has 0 saturated carbocycles. The number of carbonyl (C=O) groups is 2. The molecule has 4 rings (SSSR count). The average molecular weight is 325 g/mol. The predicted molar refractivity (Wildman–Crippen MR) is 88.4 cm³/mol. The molecule has 6 heteroatoms. The third-order valence-electron chi connectivity index (χ3n) is 4.76. The summed E-state index contributed by atoms with van der Waals surface area (Å²) in [6.07, 6.45) is 0.576. The number of nitrogens with one attached hydrogen (secondary N) is 2. The zero-order valence-electron chi connectivity index (χ0n) is 12.9. The summed E-state index contributed by atoms with van der Waals surface area (Å²) in [5, 5.41) is 5.59. The molecule has 1 fully saturated rings. The molecule has 1 atom stereocenters. The van der Waals surface area contributed by atoms with Crippen LogP contribution in [0.1, 0.15) is 12.0 Å². The molecule has 3 amide bonds. The van der Waals surface area contributed by atoms with Crippen LogP contribution in [0.2, 0.25) is 0 Å². The largest absolute Gasteiger partial charge is 0.325 e. The number of urea groups is 1. The van der Waals surface area contributed by atoms with E-state index in [1.807, 2.05) is 24.3 Å². The number of hydrogen-bond donors (Lipinski definition) is 2. The first kappa shape index (κ1) is 14.7. The number of hydrogen-bond acceptors (Lipinski definition) is 2. The number of para-hydroxylation sites is 1. The molecule has 2 aromatic carbocycles. The molecule has 0 radical (unpaired) electrons. The van der Waals surface area contributed by atoms with E-state index in [1.54, 1.807) is 11.0 Å². The zero-order valence-corrected chi connectivity index (χ0v) is 12.9. The topological polar surface area (TPSA) is 61.4 Å². The molecule has 122 valence electrons. The van der Waals surface area contributed by atoms with Gasteiger partial charge < -0.3 is 15.5 Å². The van der Waals surface area contributed by atoms with Crippen molar-refractivity contribution < 1.29 is 14.0 Å². The number of rotatable bonds is 1. The molecule has 2 aromatic rings. The SMILES string of the molecule is O=C(Nc1cccc(F)c1)N1CC[C@@]2(C1)C(=O)Nc1ccccc12. The summed E-state index contributed by atoms with van der Waals surface area (Å²) in [5.74, 6) is -0.473. The van der Waals surface area contributed by atoms with Gasteiger partial charge in [0.25, 0.3) is 0 Å². The Labute approximate surface area is 138 Å². The second-order valence-corrected chi connectivity index (χ2v) is 6.19. The smallest absolute Gasteiger partial charge is 0.321 e. The van der Waals surface area contributed by atoms with Gasteiger partial charge in [-0.1, -0.05) is 24.3 Å². The lowest BCUT2D eigenvalue weighted by molar-refractivity contribution is -0.120. The molecule has 5 nitrogen and oxygen atoms in total. The van der Waals surface area contributed by atoms with Crippen LogP contribution >= 0.6 is 0 Å². The molecular weight excluding hydrogens is 309 g/mol. The molecule has 0 unspecified atom stereocenters. The Morgan fingerprint density at radius 3 is 2.88 bits per heavy atom. The van der Waals surface area contributed by atoms with Gasteiger partial charge in [-0.3, -0.25) is 4.79 Å². The van der Waals surface area contributed by atoms with E-state index in [1.165, 1.54) is 18.2 Å². The Kier molecular flexibility index (Phi) is 3.26. The molecule has 1 saturated heterocycles. The van der Waals surface area contributed by atoms with Crippen LogP contribution in [0.5, 0.6) is 0 Å². The van der Waals surface area contributed by atoms with Crippen LogP contribution in [0.4, 0.5) is 20.6 Å². The van der Waals surface area contributed by atoms with Crippen LogP contribution in [0.15, 0.2) is 48.5 Å². The van der Waals surface area contributed by atoms with E-state index >= 15 is 0 Å². The van der Waals surface area contributed by atoms with Crippen LogP contribution in [-0.2, 0) is 10.2 Å². The molecule has 2 aliphatic rings. The van der Waals surface area contributed by atoms with E-state index < -0.39 is 11.2 Å². The van der Waals surface area contributed by atoms with E-state index in [2.05, 4.69) is 10.6 Å². The van der Waals surface area contributed by atoms with E-state index in [-0.39, 0.29) is 11.9 Å². The molecule has 24 heavy (non-hydrogen) atoms. The van der Waals surface area contributed by atoms with E-state index in [4.69, 9.17) is 0 Å². The zero-order chi connectivity index (χ0) is 16.7. The van der Waals surface area contributed by atoms with Crippen molar-refractivity contribution in [2.24, 2.45) is 0 Å². The highest BCUT2D eigenvalue weighted by molar-refractivity contribution is 6.07. The predicted octanol–water partition coefficient (Wildman–Crippen LogP) is 2.95. The van der Waals surface area contributed by atoms with Gasteiger partial charge in [0.05, 0.1) is 5.41 Å². The average Bonchev–Trinajstić information content (AvgIpc) is 3.12. The maximum Gasteiger partial charge on any atom is 0.321 e. The second-order valence-electron chi connectivity index (χ2n) is 6.19. The third-order valence-corrected chi connectivity index (χ3v) is 4.76. The first-order valence-electron chi connectivity index (χ1n) is 7.81. The molecule has 2 N–H and O–H groups in total. The van der Waals surface area contributed by atoms with Crippen LogP contribution in [0, 0.1) is 5.82 Å². The van der Waals surface area contributed by atoms with Crippen molar-refractivity contribution in [3.05, 3.63) is 59.9 Å². The number of benzene rings is 2. The summed E-state index contributed by atoms with van der Waals surface area (Å²) >= 11 is 0. The highest BCUT2D eigenvalue weighted by atomic mass is 19.1. The van der Waals surface area contributed by atoms with E-state index in [0.717, 1.165) is 11.3 Å². The number of likely N-dealkylation sites (tertiary alicyclic amines) is 1. The van der Waals surface area contributed by atoms with Crippen LogP contribution in [-0.4, -0.2) is 29.9 Å². The normalized spacial score (nSPS) is 21.7. The van der Waals surface area contributed by atoms with Crippen molar-refractivity contribution in [1.29, 1.82) is 0 Å². The maximum absolute atomic E-state index is 13.2. The fraction of sp³-hybridized carbons (Fsp3) is 0.222. The summed E-state index contributed by atoms with van der Waals surface area (Å²) in [7, 11) is 0. The minimum Gasteiger partial charge on any atom is -0.325 e. The molecule has 0 aromatic heterocycles. The Morgan fingerprint density at radius 1 is 1.21 bits per heavy atom. The third kappa shape index (κ3) is 2.22. The van der Waals surface area contributed by atoms with Gasteiger partial charge >= 0.3 is 6.03 Å². The van der Waals surface area contributed by atoms with Crippen molar-refractivity contribution >= 4 is 23.3 Å². The fourth-order valence-electron chi connectivity index (χ4n) is 3.53. The van der Waals surface area contributed by atoms with Gasteiger partial charge in [0.15, 0.2) is 0 Å². The highest BCUT2D eigenvalue weighted by Crippen LogP contribution is 2.44. The lowest BCUT2D eigenvalue weighted by atomic mass is 9.81. The Hall–Kier alpha value is -2.89. The number of fused-ring (bicyclic) bond motifs is 2. The van der Waals surface area contributed by atoms with Crippen molar-refractivity contribution in [3.63, 3.8) is 0 Å². The van der Waals surface area contributed by atoms with Gasteiger partial charge in [-0.25, -0.2) is 9.18 Å². The minimum absolute atomic E-state index is 0.0650. The minimum atomic E-state index is -0.685. The number of carbonyl (C=O) groups excluding carboxylic acids is 2. The lowest BCUT2D eigenvalue weighted by Crippen LogP contribution is -2.40. The summed E-state index contributed by atoms with van der Waals surface area (Å²) in [4.78, 5) is 26.6. The number of anilines is 2. The second kappa shape index (κ2) is 5.33. The van der Waals surface area contributed by atoms with Crippen molar-refractivity contribution in [3.8, 4) is 0 Å². The molecule has 0 bridgehead atoms. The van der Waals surface area contributed by atoms with E-state index in [9.17, 15) is 14.0 Å². The molecular formula is C18H16FN3O2. The summed E-state index contributed by atoms with van der Waals surface area (Å²) in [6, 6.07) is 13.0. The number of halogens is 1. The van der Waals surface area contributed by atoms with Gasteiger partial charge in [-0.2, -0.15) is 0 Å². The molecule has 0 aliphatic carbocycles. The van der Waals surface area contributed by atoms with Crippen molar-refractivity contribution in [2.75, 3.05) is 23.7 Å². The molecule has 1 spiro atoms. The van der Waals surface area contributed by atoms with Crippen molar-refractivity contribution in [2.45, 2.75) is 11.8 Å². The van der Waals surface area contributed by atoms with Gasteiger partial charge in [-0.15, -0.1) is 0 Å². The maximum atomic E-state index is 13.2. The van der Waals surface area contributed by atoms with E-state index in [0.29, 0.717) is 25.2 Å². The van der Waals surface area contributed by atoms with Gasteiger partial charge in [0, 0.05) is 24.5 Å². The molecule has 2 heterocycles. The van der Waals surface area contributed by atoms with Crippen LogP contribution < -0.4 is 10.6 Å². The van der Waals surface area contributed by atoms with Gasteiger partial charge in [0.2, 0.25) is 5.91 Å². The van der Waals surface area contributed by atoms with Crippen LogP contribution in [0.25, 0.3) is 0 Å². The Balaban J connectivity index is 1.54. The number of nitrogens with zero attached hydrogens (tertiary/aromatic N) is 1. The van der Waals surface area contributed by atoms with Gasteiger partial charge in [0.1, 0.15) is 5.82 Å². The van der Waals surface area contributed by atoms with Gasteiger partial charge in [-0.05, 0) is 36.2 Å². The summed E-state index contributed by atoms with van der Waals surface area (Å²) in [5.41, 5.74) is 1.47. The number of amides is 3. The first-order valence-corrected chi connectivity index (χ1v) is 7.81. The quantitative estimate of drug-likeness (QED) is 0.847. The first-order chi connectivity index (χ1) is 11.6. The molecule has 2 aliphatic heterocycles. The monoisotopic (exact) mass is 325 g/mol. The lowest BCUT2D eigenvalue weighted by Gasteiger charge is -2.22. The summed E-state index contributed by atoms with van der Waals surface area (Å²) in [6.45, 7) is 0.792. The van der Waals surface area contributed by atoms with Crippen molar-refractivity contribution in [1.82, 2.24) is 4.90 Å². The highest BCUT2D eigenvalue weighted by Gasteiger charge is 2.51. The Bertz CT molecular complexity index is 839. The summed E-state index contributed by atoms with van der Waals surface area (Å²) < 4.78 is 13.2. The fourth-order valence-corrected chi connectivity index (χ4v) is 3.53.